The standard InChI is InChI=1S/C14H16BrN3O2/c1-3-4-7-20-10(2)14(19)16-13-8-12-6-5-11(15)9-18(12)17-13/h3,5-6,8-10H,1,4,7H2,2H3,(H,16,17,19)/t10-/m0/s1. The van der Waals surface area contributed by atoms with Gasteiger partial charge in [-0.3, -0.25) is 4.79 Å². The first-order valence-corrected chi connectivity index (χ1v) is 7.08. The fourth-order valence-corrected chi connectivity index (χ4v) is 1.98. The van der Waals surface area contributed by atoms with Crippen LogP contribution in [0.2, 0.25) is 0 Å². The molecule has 0 radical (unpaired) electrons. The Morgan fingerprint density at radius 1 is 1.65 bits per heavy atom. The van der Waals surface area contributed by atoms with E-state index in [2.05, 4.69) is 32.9 Å². The number of aromatic nitrogens is 2. The third-order valence-corrected chi connectivity index (χ3v) is 3.20. The summed E-state index contributed by atoms with van der Waals surface area (Å²) in [5.41, 5.74) is 0.906. The summed E-state index contributed by atoms with van der Waals surface area (Å²) in [5.74, 6) is 0.295. The van der Waals surface area contributed by atoms with Gasteiger partial charge in [0.2, 0.25) is 0 Å². The molecule has 2 rings (SSSR count). The predicted octanol–water partition coefficient (Wildman–Crippen LogP) is 3.02. The van der Waals surface area contributed by atoms with Gasteiger partial charge in [-0.2, -0.15) is 0 Å². The molecule has 0 aliphatic carbocycles. The number of carbonyl (C=O) groups excluding carboxylic acids is 1. The van der Waals surface area contributed by atoms with Gasteiger partial charge in [-0.05, 0) is 41.4 Å². The lowest BCUT2D eigenvalue weighted by Crippen LogP contribution is -2.28. The number of hydrogen-bond acceptors (Lipinski definition) is 3. The number of nitrogens with one attached hydrogen (secondary N) is 1. The second-order valence-electron chi connectivity index (χ2n) is 4.33. The van der Waals surface area contributed by atoms with Gasteiger partial charge in [0.25, 0.3) is 5.91 Å². The van der Waals surface area contributed by atoms with Gasteiger partial charge < -0.3 is 10.1 Å². The van der Waals surface area contributed by atoms with E-state index < -0.39 is 6.10 Å². The fraction of sp³-hybridized carbons (Fsp3) is 0.286. The van der Waals surface area contributed by atoms with Gasteiger partial charge in [0.05, 0.1) is 12.1 Å². The zero-order valence-electron chi connectivity index (χ0n) is 11.2. The molecular formula is C14H16BrN3O2. The van der Waals surface area contributed by atoms with Crippen LogP contribution in [-0.2, 0) is 9.53 Å². The Hall–Kier alpha value is -1.66. The Morgan fingerprint density at radius 3 is 3.20 bits per heavy atom. The van der Waals surface area contributed by atoms with Crippen molar-refractivity contribution in [3.63, 3.8) is 0 Å². The van der Waals surface area contributed by atoms with E-state index in [0.29, 0.717) is 12.4 Å². The van der Waals surface area contributed by atoms with Crippen LogP contribution < -0.4 is 5.32 Å². The zero-order valence-corrected chi connectivity index (χ0v) is 12.8. The molecule has 0 aliphatic heterocycles. The van der Waals surface area contributed by atoms with Gasteiger partial charge in [0, 0.05) is 16.7 Å². The van der Waals surface area contributed by atoms with E-state index >= 15 is 0 Å². The highest BCUT2D eigenvalue weighted by Crippen LogP contribution is 2.15. The second kappa shape index (κ2) is 6.67. The second-order valence-corrected chi connectivity index (χ2v) is 5.24. The van der Waals surface area contributed by atoms with E-state index in [9.17, 15) is 4.79 Å². The van der Waals surface area contributed by atoms with Gasteiger partial charge in [0.15, 0.2) is 5.82 Å². The number of ether oxygens (including phenoxy) is 1. The van der Waals surface area contributed by atoms with Crippen LogP contribution in [0.1, 0.15) is 13.3 Å². The number of nitrogens with zero attached hydrogens (tertiary/aromatic N) is 2. The Morgan fingerprint density at radius 2 is 2.45 bits per heavy atom. The molecule has 1 amide bonds. The molecule has 0 spiro atoms. The Labute approximate surface area is 125 Å². The van der Waals surface area contributed by atoms with Crippen molar-refractivity contribution in [2.24, 2.45) is 0 Å². The van der Waals surface area contributed by atoms with Crippen LogP contribution in [0.4, 0.5) is 5.82 Å². The number of amides is 1. The third kappa shape index (κ3) is 3.68. The number of rotatable bonds is 6. The largest absolute Gasteiger partial charge is 0.368 e. The maximum Gasteiger partial charge on any atom is 0.254 e. The summed E-state index contributed by atoms with van der Waals surface area (Å²) in [4.78, 5) is 11.9. The summed E-state index contributed by atoms with van der Waals surface area (Å²) in [6.07, 6.45) is 3.78. The normalized spacial score (nSPS) is 12.3. The molecule has 0 fully saturated rings. The van der Waals surface area contributed by atoms with Crippen molar-refractivity contribution in [3.05, 3.63) is 41.5 Å². The predicted molar refractivity (Wildman–Crippen MR) is 81.7 cm³/mol. The molecule has 5 nitrogen and oxygen atoms in total. The highest BCUT2D eigenvalue weighted by atomic mass is 79.9. The minimum Gasteiger partial charge on any atom is -0.368 e. The van der Waals surface area contributed by atoms with E-state index in [0.717, 1.165) is 16.4 Å². The smallest absolute Gasteiger partial charge is 0.254 e. The lowest BCUT2D eigenvalue weighted by Gasteiger charge is -2.11. The van der Waals surface area contributed by atoms with E-state index in [1.165, 1.54) is 0 Å². The first-order chi connectivity index (χ1) is 9.60. The summed E-state index contributed by atoms with van der Waals surface area (Å²) in [5, 5.41) is 7.02. The molecule has 6 heteroatoms. The van der Waals surface area contributed by atoms with Gasteiger partial charge in [-0.25, -0.2) is 4.52 Å². The SMILES string of the molecule is C=CCCO[C@@H](C)C(=O)Nc1cc2ccc(Br)cn2n1. The maximum absolute atomic E-state index is 11.9. The minimum atomic E-state index is -0.522. The first kappa shape index (κ1) is 14.7. The summed E-state index contributed by atoms with van der Waals surface area (Å²) >= 11 is 3.37. The number of hydrogen-bond donors (Lipinski definition) is 1. The van der Waals surface area contributed by atoms with Gasteiger partial charge >= 0.3 is 0 Å². The van der Waals surface area contributed by atoms with Crippen LogP contribution in [0.5, 0.6) is 0 Å². The van der Waals surface area contributed by atoms with E-state index in [1.807, 2.05) is 18.3 Å². The molecule has 20 heavy (non-hydrogen) atoms. The summed E-state index contributed by atoms with van der Waals surface area (Å²) in [6, 6.07) is 5.64. The molecule has 1 atom stereocenters. The number of carbonyl (C=O) groups is 1. The lowest BCUT2D eigenvalue weighted by atomic mass is 10.3. The van der Waals surface area contributed by atoms with Gasteiger partial charge in [-0.1, -0.05) is 6.08 Å². The van der Waals surface area contributed by atoms with Crippen molar-refractivity contribution >= 4 is 33.2 Å². The molecule has 2 heterocycles. The number of fused-ring (bicyclic) bond motifs is 1. The number of halogens is 1. The van der Waals surface area contributed by atoms with E-state index in [-0.39, 0.29) is 5.91 Å². The van der Waals surface area contributed by atoms with Gasteiger partial charge in [-0.15, -0.1) is 11.7 Å². The molecule has 0 saturated carbocycles. The summed E-state index contributed by atoms with van der Waals surface area (Å²) < 4.78 is 8.00. The molecule has 0 saturated heterocycles. The van der Waals surface area contributed by atoms with Crippen molar-refractivity contribution < 1.29 is 9.53 Å². The molecule has 0 aromatic carbocycles. The van der Waals surface area contributed by atoms with Crippen LogP contribution in [0.3, 0.4) is 0 Å². The van der Waals surface area contributed by atoms with Crippen LogP contribution in [0.15, 0.2) is 41.5 Å². The Bertz CT molecular complexity index is 624. The molecule has 0 bridgehead atoms. The number of anilines is 1. The van der Waals surface area contributed by atoms with E-state index in [4.69, 9.17) is 4.74 Å². The Balaban J connectivity index is 2.00. The zero-order chi connectivity index (χ0) is 14.5. The highest BCUT2D eigenvalue weighted by molar-refractivity contribution is 9.10. The molecule has 106 valence electrons. The summed E-state index contributed by atoms with van der Waals surface area (Å²) in [7, 11) is 0. The average Bonchev–Trinajstić information content (AvgIpc) is 2.80. The third-order valence-electron chi connectivity index (χ3n) is 2.73. The molecule has 2 aromatic rings. The topological polar surface area (TPSA) is 55.6 Å². The lowest BCUT2D eigenvalue weighted by molar-refractivity contribution is -0.126. The van der Waals surface area contributed by atoms with E-state index in [1.54, 1.807) is 23.6 Å². The van der Waals surface area contributed by atoms with Crippen molar-refractivity contribution in [2.75, 3.05) is 11.9 Å². The van der Waals surface area contributed by atoms with Crippen molar-refractivity contribution in [1.29, 1.82) is 0 Å². The maximum atomic E-state index is 11.9. The molecule has 1 N–H and O–H groups in total. The van der Waals surface area contributed by atoms with Crippen molar-refractivity contribution in [3.8, 4) is 0 Å². The fourth-order valence-electron chi connectivity index (χ4n) is 1.65. The van der Waals surface area contributed by atoms with Crippen LogP contribution in [0.25, 0.3) is 5.52 Å². The molecule has 0 aliphatic rings. The Kier molecular flexibility index (Phi) is 4.92. The monoisotopic (exact) mass is 337 g/mol. The summed E-state index contributed by atoms with van der Waals surface area (Å²) in [6.45, 7) is 5.80. The van der Waals surface area contributed by atoms with Gasteiger partial charge in [0.1, 0.15) is 6.10 Å². The number of pyridine rings is 1. The highest BCUT2D eigenvalue weighted by Gasteiger charge is 2.14. The molecular weight excluding hydrogens is 322 g/mol. The minimum absolute atomic E-state index is 0.212. The van der Waals surface area contributed by atoms with Crippen molar-refractivity contribution in [2.45, 2.75) is 19.4 Å². The van der Waals surface area contributed by atoms with Crippen molar-refractivity contribution in [1.82, 2.24) is 9.61 Å². The molecule has 0 unspecified atom stereocenters. The van der Waals surface area contributed by atoms with Crippen LogP contribution in [-0.4, -0.2) is 28.2 Å². The molecule has 2 aromatic heterocycles. The quantitative estimate of drug-likeness (QED) is 0.651. The van der Waals surface area contributed by atoms with Crippen LogP contribution in [0, 0.1) is 0 Å². The van der Waals surface area contributed by atoms with Crippen LogP contribution >= 0.6 is 15.9 Å². The first-order valence-electron chi connectivity index (χ1n) is 6.28. The average molecular weight is 338 g/mol.